The van der Waals surface area contributed by atoms with Crippen LogP contribution in [0.25, 0.3) is 10.9 Å². The van der Waals surface area contributed by atoms with Crippen LogP contribution in [0.5, 0.6) is 0 Å². The fourth-order valence-electron chi connectivity index (χ4n) is 1.27. The molecule has 2 aromatic rings. The Balaban J connectivity index is -0.0000000639. The van der Waals surface area contributed by atoms with Crippen LogP contribution in [0.1, 0.15) is 6.42 Å². The maximum atomic E-state index is 3.06. The van der Waals surface area contributed by atoms with Crippen molar-refractivity contribution in [1.82, 2.24) is 4.98 Å². The Labute approximate surface area is 159 Å². The zero-order valence-electron chi connectivity index (χ0n) is 12.6. The van der Waals surface area contributed by atoms with E-state index in [9.17, 15) is 0 Å². The van der Waals surface area contributed by atoms with E-state index in [4.69, 9.17) is 0 Å². The molecule has 0 fully saturated rings. The molecule has 0 saturated carbocycles. The summed E-state index contributed by atoms with van der Waals surface area (Å²) in [6.45, 7) is 3.06. The van der Waals surface area contributed by atoms with Gasteiger partial charge in [0.2, 0.25) is 0 Å². The summed E-state index contributed by atoms with van der Waals surface area (Å²) in [4.78, 5) is 2.99. The van der Waals surface area contributed by atoms with Gasteiger partial charge in [-0.3, -0.25) is 6.08 Å². The molecule has 0 atom stereocenters. The quantitative estimate of drug-likeness (QED) is 0.453. The number of rotatable bonds is 0. The van der Waals surface area contributed by atoms with Gasteiger partial charge in [0.05, 0.1) is 0 Å². The van der Waals surface area contributed by atoms with E-state index >= 15 is 0 Å². The van der Waals surface area contributed by atoms with Crippen LogP contribution in [-0.2, 0) is 23.3 Å². The van der Waals surface area contributed by atoms with Crippen molar-refractivity contribution in [2.75, 3.05) is 0 Å². The summed E-state index contributed by atoms with van der Waals surface area (Å²) in [5, 5.41) is 1.22. The monoisotopic (exact) mass is 416 g/mol. The number of halogens is 2. The summed E-state index contributed by atoms with van der Waals surface area (Å²) in [5.41, 5.74) is 1.15. The van der Waals surface area contributed by atoms with Crippen LogP contribution < -0.4 is 0 Å². The topological polar surface area (TPSA) is 15.8 Å². The smallest absolute Gasteiger partial charge is 0.0745 e. The average molecular weight is 419 g/mol. The Morgan fingerprint density at radius 1 is 1.05 bits per heavy atom. The van der Waals surface area contributed by atoms with E-state index in [1.54, 1.807) is 0 Å². The largest absolute Gasteiger partial charge is 0.477 e. The van der Waals surface area contributed by atoms with Crippen molar-refractivity contribution in [1.29, 1.82) is 0 Å². The standard InChI is InChI=1S/C8H6N.C5H5.3CH3.2ClH.Si.Zr/c1-2-4-8-7(3-1)5-6-9-8;1-2-4-5-3-1;;;;;;;/h1-5,9H;1-3H,4H2;3*1H3;2*1H;;/q5*-1;;;;. The summed E-state index contributed by atoms with van der Waals surface area (Å²) in [6.07, 6.45) is 12.9. The molecule has 118 valence electrons. The van der Waals surface area contributed by atoms with Crippen molar-refractivity contribution in [2.45, 2.75) is 6.42 Å². The van der Waals surface area contributed by atoms with Gasteiger partial charge >= 0.3 is 30.2 Å². The Kier molecular flexibility index (Phi) is 34.6. The van der Waals surface area contributed by atoms with Gasteiger partial charge in [0.15, 0.2) is 0 Å². The van der Waals surface area contributed by atoms with Gasteiger partial charge in [-0.1, -0.05) is 12.1 Å². The first-order valence-electron chi connectivity index (χ1n) is 4.87. The van der Waals surface area contributed by atoms with Crippen molar-refractivity contribution in [3.05, 3.63) is 83.1 Å². The molecule has 0 bridgehead atoms. The first-order chi connectivity index (χ1) is 7.97. The second kappa shape index (κ2) is 22.2. The third-order valence-corrected chi connectivity index (χ3v) is 1.98. The van der Waals surface area contributed by atoms with Crippen molar-refractivity contribution < 1.29 is 23.3 Å². The number of nitrogens with one attached hydrogen (secondary N) is 1. The second-order valence-electron chi connectivity index (χ2n) is 3.00. The zero-order chi connectivity index (χ0) is 11.6. The first-order valence-corrected chi connectivity index (χ1v) is 9.06. The molecule has 0 saturated heterocycles. The van der Waals surface area contributed by atoms with E-state index < -0.39 is 0 Å². The number of H-pyrrole nitrogens is 1. The van der Waals surface area contributed by atoms with Gasteiger partial charge in [0.25, 0.3) is 0 Å². The number of aromatic nitrogens is 1. The fraction of sp³-hybridized carbons (Fsp3) is 0.0625. The van der Waals surface area contributed by atoms with Crippen molar-refractivity contribution >= 4 is 42.6 Å². The molecule has 1 aromatic heterocycles. The maximum absolute atomic E-state index is 3.06. The molecule has 21 heavy (non-hydrogen) atoms. The first kappa shape index (κ1) is 32.8. The average Bonchev–Trinajstić information content (AvgIpc) is 3.06. The Morgan fingerprint density at radius 2 is 1.67 bits per heavy atom. The fourth-order valence-corrected chi connectivity index (χ4v) is 1.27. The van der Waals surface area contributed by atoms with Crippen LogP contribution in [0, 0.1) is 34.6 Å². The summed E-state index contributed by atoms with van der Waals surface area (Å²) in [6, 6.07) is 10.1. The van der Waals surface area contributed by atoms with Gasteiger partial charge in [-0.25, -0.2) is 12.2 Å². The Hall–Kier alpha value is -0.0800. The molecule has 0 amide bonds. The number of aromatic amines is 1. The third-order valence-electron chi connectivity index (χ3n) is 1.98. The van der Waals surface area contributed by atoms with E-state index in [1.807, 2.05) is 36.4 Å². The van der Waals surface area contributed by atoms with E-state index in [0.29, 0.717) is 0 Å². The van der Waals surface area contributed by atoms with E-state index in [1.165, 1.54) is 28.7 Å². The molecule has 0 spiro atoms. The predicted molar refractivity (Wildman–Crippen MR) is 98.2 cm³/mol. The summed E-state index contributed by atoms with van der Waals surface area (Å²) in [5.74, 6) is 0. The number of benzene rings is 1. The van der Waals surface area contributed by atoms with Crippen molar-refractivity contribution in [2.24, 2.45) is 0 Å². The molecule has 5 heteroatoms. The number of allylic oxidation sites excluding steroid dienone is 4. The number of hydrogen-bond acceptors (Lipinski definition) is 0. The van der Waals surface area contributed by atoms with E-state index in [2.05, 4.69) is 36.3 Å². The summed E-state index contributed by atoms with van der Waals surface area (Å²) < 4.78 is 0. The minimum Gasteiger partial charge on any atom is -0.477 e. The maximum Gasteiger partial charge on any atom is -0.0745 e. The minimum atomic E-state index is 0. The van der Waals surface area contributed by atoms with E-state index in [-0.39, 0.29) is 47.1 Å². The summed E-state index contributed by atoms with van der Waals surface area (Å²) in [7, 11) is 0. The second-order valence-corrected chi connectivity index (χ2v) is 3.00. The Morgan fingerprint density at radius 3 is 2.10 bits per heavy atom. The molecule has 1 N–H and O–H groups in total. The van der Waals surface area contributed by atoms with Crippen molar-refractivity contribution in [3.63, 3.8) is 0 Å². The third kappa shape index (κ3) is 13.3. The number of hydrogen-bond donors (Lipinski definition) is 1. The van der Waals surface area contributed by atoms with Crippen LogP contribution >= 0.6 is 24.8 Å². The van der Waals surface area contributed by atoms with Crippen LogP contribution in [0.2, 0.25) is 0 Å². The van der Waals surface area contributed by atoms with Gasteiger partial charge in [-0.2, -0.15) is 17.5 Å². The van der Waals surface area contributed by atoms with E-state index in [0.717, 1.165) is 11.9 Å². The molecule has 0 aliphatic heterocycles. The van der Waals surface area contributed by atoms with Crippen LogP contribution in [-0.4, -0.2) is 11.9 Å². The van der Waals surface area contributed by atoms with Crippen molar-refractivity contribution in [3.8, 4) is 0 Å². The minimum absolute atomic E-state index is 0. The zero-order valence-corrected chi connectivity index (χ0v) is 17.7. The predicted octanol–water partition coefficient (Wildman–Crippen LogP) is 5.08. The van der Waals surface area contributed by atoms with Gasteiger partial charge in [-0.15, -0.1) is 55.1 Å². The molecule has 1 aliphatic rings. The van der Waals surface area contributed by atoms with Crippen LogP contribution in [0.3, 0.4) is 0 Å². The molecular weight excluding hydrogens is 396 g/mol. The summed E-state index contributed by atoms with van der Waals surface area (Å²) >= 11 is 1.36. The van der Waals surface area contributed by atoms with Gasteiger partial charge in [0, 0.05) is 0 Å². The molecule has 3 rings (SSSR count). The number of para-hydroxylation sites is 1. The molecule has 2 radical (unpaired) electrons. The SMILES string of the molecule is Cl.Cl.[C-]1=CC=CC1.[CH3-].[CH3-].[CH3-].[Si]=[Zr].[c-]1cc2ccccc2[nH]1. The molecule has 1 heterocycles. The normalized spacial score (nSPS) is 8.71. The molecular formula is C16H22Cl2NSiZr-5. The number of fused-ring (bicyclic) bond motifs is 1. The van der Waals surface area contributed by atoms with Gasteiger partial charge in [-0.05, 0) is 0 Å². The van der Waals surface area contributed by atoms with Crippen LogP contribution in [0.4, 0.5) is 0 Å². The molecule has 0 unspecified atom stereocenters. The Bertz CT molecular complexity index is 444. The van der Waals surface area contributed by atoms with Gasteiger partial charge in [0.1, 0.15) is 0 Å². The molecule has 1 aliphatic carbocycles. The molecule has 1 nitrogen and oxygen atoms in total. The molecule has 1 aromatic carbocycles. The van der Waals surface area contributed by atoms with Crippen LogP contribution in [0.15, 0.2) is 48.6 Å². The van der Waals surface area contributed by atoms with Gasteiger partial charge < -0.3 is 27.3 Å².